The fraction of sp³-hybridized carbons (Fsp3) is 0.333. The van der Waals surface area contributed by atoms with Gasteiger partial charge in [0.05, 0.1) is 6.20 Å². The standard InChI is InChI=1S/C9H11N3O/c1-9(2)6-10-5-8(13-9)7-3-4-11-12-7/h3-6H,1-2H3,(H,11,12). The molecule has 2 rings (SSSR count). The largest absolute Gasteiger partial charge is 0.478 e. The molecule has 1 aromatic rings. The molecule has 68 valence electrons. The first-order valence-electron chi connectivity index (χ1n) is 4.11. The van der Waals surface area contributed by atoms with E-state index in [9.17, 15) is 0 Å². The van der Waals surface area contributed by atoms with Crippen molar-refractivity contribution < 1.29 is 4.74 Å². The van der Waals surface area contributed by atoms with E-state index in [-0.39, 0.29) is 5.60 Å². The predicted octanol–water partition coefficient (Wildman–Crippen LogP) is 1.59. The minimum Gasteiger partial charge on any atom is -0.478 e. The fourth-order valence-electron chi connectivity index (χ4n) is 1.14. The van der Waals surface area contributed by atoms with Crippen LogP contribution < -0.4 is 0 Å². The van der Waals surface area contributed by atoms with E-state index >= 15 is 0 Å². The Morgan fingerprint density at radius 3 is 2.92 bits per heavy atom. The molecule has 13 heavy (non-hydrogen) atoms. The van der Waals surface area contributed by atoms with Crippen LogP contribution in [0.25, 0.3) is 5.76 Å². The van der Waals surface area contributed by atoms with Crippen molar-refractivity contribution in [1.82, 2.24) is 10.2 Å². The second kappa shape index (κ2) is 2.73. The maximum atomic E-state index is 5.65. The van der Waals surface area contributed by atoms with Gasteiger partial charge in [-0.3, -0.25) is 10.1 Å². The molecule has 1 aliphatic rings. The van der Waals surface area contributed by atoms with Crippen LogP contribution in [0.4, 0.5) is 0 Å². The van der Waals surface area contributed by atoms with E-state index in [0.717, 1.165) is 5.69 Å². The molecule has 0 radical (unpaired) electrons. The van der Waals surface area contributed by atoms with Crippen molar-refractivity contribution in [2.75, 3.05) is 0 Å². The van der Waals surface area contributed by atoms with Crippen molar-refractivity contribution in [1.29, 1.82) is 0 Å². The summed E-state index contributed by atoms with van der Waals surface area (Å²) >= 11 is 0. The van der Waals surface area contributed by atoms with Crippen LogP contribution in [0.5, 0.6) is 0 Å². The summed E-state index contributed by atoms with van der Waals surface area (Å²) in [6.45, 7) is 3.91. The number of nitrogens with one attached hydrogen (secondary N) is 1. The third-order valence-electron chi connectivity index (χ3n) is 1.70. The molecule has 0 atom stereocenters. The minimum absolute atomic E-state index is 0.344. The molecule has 1 N–H and O–H groups in total. The Morgan fingerprint density at radius 2 is 2.31 bits per heavy atom. The van der Waals surface area contributed by atoms with Crippen LogP contribution in [-0.4, -0.2) is 22.0 Å². The molecule has 0 aliphatic carbocycles. The normalized spacial score (nSPS) is 19.4. The van der Waals surface area contributed by atoms with Gasteiger partial charge in [0.1, 0.15) is 11.3 Å². The van der Waals surface area contributed by atoms with Gasteiger partial charge >= 0.3 is 0 Å². The average Bonchev–Trinajstić information content (AvgIpc) is 2.53. The number of aromatic nitrogens is 2. The van der Waals surface area contributed by atoms with Crippen LogP contribution >= 0.6 is 0 Å². The van der Waals surface area contributed by atoms with Crippen LogP contribution in [0, 0.1) is 0 Å². The Labute approximate surface area is 76.3 Å². The molecule has 0 spiro atoms. The van der Waals surface area contributed by atoms with Gasteiger partial charge in [-0.25, -0.2) is 0 Å². The maximum Gasteiger partial charge on any atom is 0.166 e. The molecular formula is C9H11N3O. The van der Waals surface area contributed by atoms with Gasteiger partial charge in [0.15, 0.2) is 5.76 Å². The minimum atomic E-state index is -0.344. The molecule has 2 heterocycles. The topological polar surface area (TPSA) is 50.3 Å². The van der Waals surface area contributed by atoms with Gasteiger partial charge in [-0.05, 0) is 19.9 Å². The highest BCUT2D eigenvalue weighted by Crippen LogP contribution is 2.23. The molecule has 0 bridgehead atoms. The first kappa shape index (κ1) is 8.04. The van der Waals surface area contributed by atoms with E-state index in [1.807, 2.05) is 19.9 Å². The zero-order valence-electron chi connectivity index (χ0n) is 7.61. The van der Waals surface area contributed by atoms with Crippen molar-refractivity contribution >= 4 is 12.0 Å². The van der Waals surface area contributed by atoms with Crippen molar-refractivity contribution in [3.05, 3.63) is 24.2 Å². The zero-order valence-corrected chi connectivity index (χ0v) is 7.61. The van der Waals surface area contributed by atoms with Gasteiger partial charge in [0.25, 0.3) is 0 Å². The van der Waals surface area contributed by atoms with Crippen molar-refractivity contribution in [2.45, 2.75) is 19.4 Å². The Kier molecular flexibility index (Phi) is 1.69. The smallest absolute Gasteiger partial charge is 0.166 e. The molecule has 1 aromatic heterocycles. The Hall–Kier alpha value is -1.58. The van der Waals surface area contributed by atoms with Crippen LogP contribution in [-0.2, 0) is 4.74 Å². The molecule has 4 nitrogen and oxygen atoms in total. The number of ether oxygens (including phenoxy) is 1. The van der Waals surface area contributed by atoms with Gasteiger partial charge in [-0.1, -0.05) is 0 Å². The number of aromatic amines is 1. The zero-order chi connectivity index (χ0) is 9.31. The lowest BCUT2D eigenvalue weighted by Gasteiger charge is -2.25. The maximum absolute atomic E-state index is 5.65. The first-order valence-corrected chi connectivity index (χ1v) is 4.11. The number of rotatable bonds is 1. The molecule has 4 heteroatoms. The highest BCUT2D eigenvalue weighted by Gasteiger charge is 2.22. The summed E-state index contributed by atoms with van der Waals surface area (Å²) in [7, 11) is 0. The lowest BCUT2D eigenvalue weighted by molar-refractivity contribution is 0.147. The molecule has 0 fully saturated rings. The van der Waals surface area contributed by atoms with Crippen molar-refractivity contribution in [2.24, 2.45) is 4.99 Å². The molecular weight excluding hydrogens is 166 g/mol. The van der Waals surface area contributed by atoms with Crippen LogP contribution in [0.2, 0.25) is 0 Å². The summed E-state index contributed by atoms with van der Waals surface area (Å²) in [5.74, 6) is 0.703. The van der Waals surface area contributed by atoms with Gasteiger partial charge in [0.2, 0.25) is 0 Å². The lowest BCUT2D eigenvalue weighted by atomic mass is 10.1. The van der Waals surface area contributed by atoms with E-state index in [1.54, 1.807) is 18.6 Å². The van der Waals surface area contributed by atoms with Gasteiger partial charge in [-0.15, -0.1) is 0 Å². The van der Waals surface area contributed by atoms with E-state index in [2.05, 4.69) is 15.2 Å². The second-order valence-electron chi connectivity index (χ2n) is 3.44. The second-order valence-corrected chi connectivity index (χ2v) is 3.44. The van der Waals surface area contributed by atoms with Gasteiger partial charge in [-0.2, -0.15) is 5.10 Å². The van der Waals surface area contributed by atoms with Crippen LogP contribution in [0.15, 0.2) is 23.5 Å². The first-order chi connectivity index (χ1) is 6.17. The molecule has 0 amide bonds. The number of hydrogen-bond acceptors (Lipinski definition) is 3. The monoisotopic (exact) mass is 177 g/mol. The highest BCUT2D eigenvalue weighted by atomic mass is 16.5. The van der Waals surface area contributed by atoms with Crippen molar-refractivity contribution in [3.8, 4) is 0 Å². The molecule has 0 saturated carbocycles. The van der Waals surface area contributed by atoms with Crippen molar-refractivity contribution in [3.63, 3.8) is 0 Å². The van der Waals surface area contributed by atoms with Crippen LogP contribution in [0.3, 0.4) is 0 Å². The molecule has 0 aromatic carbocycles. The number of aliphatic imine (C=N–C) groups is 1. The highest BCUT2D eigenvalue weighted by molar-refractivity contribution is 5.74. The molecule has 0 unspecified atom stereocenters. The predicted molar refractivity (Wildman–Crippen MR) is 50.2 cm³/mol. The number of nitrogens with zero attached hydrogens (tertiary/aromatic N) is 2. The Bertz CT molecular complexity index is 349. The van der Waals surface area contributed by atoms with Gasteiger partial charge < -0.3 is 4.74 Å². The fourth-order valence-corrected chi connectivity index (χ4v) is 1.14. The number of H-pyrrole nitrogens is 1. The molecule has 1 aliphatic heterocycles. The Balaban J connectivity index is 2.28. The van der Waals surface area contributed by atoms with E-state index in [1.165, 1.54) is 0 Å². The summed E-state index contributed by atoms with van der Waals surface area (Å²) in [5, 5.41) is 6.74. The summed E-state index contributed by atoms with van der Waals surface area (Å²) in [6.07, 6.45) is 5.19. The average molecular weight is 177 g/mol. The van der Waals surface area contributed by atoms with Crippen LogP contribution in [0.1, 0.15) is 19.5 Å². The summed E-state index contributed by atoms with van der Waals surface area (Å²) in [4.78, 5) is 4.10. The quantitative estimate of drug-likeness (QED) is 0.708. The van der Waals surface area contributed by atoms with E-state index < -0.39 is 0 Å². The SMILES string of the molecule is CC1(C)C=NC=C(c2cc[nH]n2)O1. The Morgan fingerprint density at radius 1 is 1.46 bits per heavy atom. The summed E-state index contributed by atoms with van der Waals surface area (Å²) in [5.41, 5.74) is 0.438. The van der Waals surface area contributed by atoms with E-state index in [4.69, 9.17) is 4.74 Å². The third-order valence-corrected chi connectivity index (χ3v) is 1.70. The lowest BCUT2D eigenvalue weighted by Crippen LogP contribution is -2.27. The summed E-state index contributed by atoms with van der Waals surface area (Å²) in [6, 6.07) is 1.85. The summed E-state index contributed by atoms with van der Waals surface area (Å²) < 4.78 is 5.65. The third kappa shape index (κ3) is 1.61. The van der Waals surface area contributed by atoms with Gasteiger partial charge in [0, 0.05) is 12.4 Å². The van der Waals surface area contributed by atoms with E-state index in [0.29, 0.717) is 5.76 Å². The molecule has 0 saturated heterocycles. The number of hydrogen-bond donors (Lipinski definition) is 1.